The van der Waals surface area contributed by atoms with Gasteiger partial charge < -0.3 is 14.9 Å². The summed E-state index contributed by atoms with van der Waals surface area (Å²) in [6.45, 7) is 10.7. The van der Waals surface area contributed by atoms with E-state index in [9.17, 15) is 9.90 Å². The fourth-order valence-corrected chi connectivity index (χ4v) is 3.73. The van der Waals surface area contributed by atoms with Crippen LogP contribution < -0.4 is 0 Å². The minimum atomic E-state index is -1.11. The van der Waals surface area contributed by atoms with Crippen LogP contribution in [-0.4, -0.2) is 34.5 Å². The van der Waals surface area contributed by atoms with Crippen molar-refractivity contribution in [1.82, 2.24) is 0 Å². The first kappa shape index (κ1) is 23.6. The summed E-state index contributed by atoms with van der Waals surface area (Å²) in [5.41, 5.74) is -0.0647. The van der Waals surface area contributed by atoms with Crippen LogP contribution in [0.15, 0.2) is 35.5 Å². The molecule has 0 heterocycles. The molecule has 0 radical (unpaired) electrons. The van der Waals surface area contributed by atoms with Gasteiger partial charge >= 0.3 is 5.97 Å². The third-order valence-corrected chi connectivity index (χ3v) is 5.55. The molecule has 0 aromatic carbocycles. The molecule has 0 fully saturated rings. The van der Waals surface area contributed by atoms with E-state index >= 15 is 0 Å². The zero-order valence-corrected chi connectivity index (χ0v) is 17.8. The molecular weight excluding hydrogens is 340 g/mol. The number of aliphatic hydroxyl groups is 1. The van der Waals surface area contributed by atoms with Crippen molar-refractivity contribution < 1.29 is 19.7 Å². The summed E-state index contributed by atoms with van der Waals surface area (Å²) in [5.74, 6) is -0.984. The van der Waals surface area contributed by atoms with E-state index in [1.165, 1.54) is 32.1 Å². The van der Waals surface area contributed by atoms with E-state index in [0.717, 1.165) is 31.1 Å². The SMILES string of the molecule is CCCCCCCCO[C@H]1C=C(C)[C@](O)(/C=C/C(C)=C\C(=O)O)C(C)(C)C1. The predicted octanol–water partition coefficient (Wildman–Crippen LogP) is 5.43. The lowest BCUT2D eigenvalue weighted by Crippen LogP contribution is -2.49. The van der Waals surface area contributed by atoms with Crippen LogP contribution in [0, 0.1) is 5.41 Å². The molecule has 4 heteroatoms. The summed E-state index contributed by atoms with van der Waals surface area (Å²) in [6.07, 6.45) is 14.7. The van der Waals surface area contributed by atoms with E-state index in [1.807, 2.05) is 26.8 Å². The van der Waals surface area contributed by atoms with Crippen LogP contribution >= 0.6 is 0 Å². The van der Waals surface area contributed by atoms with Crippen molar-refractivity contribution in [3.8, 4) is 0 Å². The van der Waals surface area contributed by atoms with E-state index in [1.54, 1.807) is 19.1 Å². The number of carboxylic acid groups (broad SMARTS) is 1. The summed E-state index contributed by atoms with van der Waals surface area (Å²) in [7, 11) is 0. The first-order valence-corrected chi connectivity index (χ1v) is 10.3. The maximum absolute atomic E-state index is 11.3. The molecule has 1 aliphatic rings. The first-order chi connectivity index (χ1) is 12.6. The third-order valence-electron chi connectivity index (χ3n) is 5.55. The highest BCUT2D eigenvalue weighted by molar-refractivity contribution is 5.81. The highest BCUT2D eigenvalue weighted by Crippen LogP contribution is 2.46. The number of hydrogen-bond donors (Lipinski definition) is 2. The lowest BCUT2D eigenvalue weighted by Gasteiger charge is -2.47. The molecule has 2 N–H and O–H groups in total. The van der Waals surface area contributed by atoms with Gasteiger partial charge in [-0.15, -0.1) is 0 Å². The third kappa shape index (κ3) is 7.27. The van der Waals surface area contributed by atoms with Gasteiger partial charge in [0, 0.05) is 18.1 Å². The Hall–Kier alpha value is -1.39. The fourth-order valence-electron chi connectivity index (χ4n) is 3.73. The predicted molar refractivity (Wildman–Crippen MR) is 111 cm³/mol. The van der Waals surface area contributed by atoms with E-state index in [4.69, 9.17) is 9.84 Å². The number of unbranched alkanes of at least 4 members (excludes halogenated alkanes) is 5. The second-order valence-electron chi connectivity index (χ2n) is 8.44. The van der Waals surface area contributed by atoms with Gasteiger partial charge in [0.05, 0.1) is 6.10 Å². The van der Waals surface area contributed by atoms with Gasteiger partial charge in [-0.05, 0) is 43.9 Å². The Bertz CT molecular complexity index is 571. The molecule has 0 aliphatic heterocycles. The van der Waals surface area contributed by atoms with Crippen molar-refractivity contribution >= 4 is 5.97 Å². The second-order valence-corrected chi connectivity index (χ2v) is 8.44. The summed E-state index contributed by atoms with van der Waals surface area (Å²) in [4.78, 5) is 10.8. The molecule has 0 bridgehead atoms. The van der Waals surface area contributed by atoms with Gasteiger partial charge in [0.1, 0.15) is 5.60 Å². The molecule has 27 heavy (non-hydrogen) atoms. The number of rotatable bonds is 11. The van der Waals surface area contributed by atoms with Gasteiger partial charge in [-0.25, -0.2) is 4.79 Å². The van der Waals surface area contributed by atoms with Gasteiger partial charge in [-0.3, -0.25) is 0 Å². The van der Waals surface area contributed by atoms with Crippen LogP contribution in [0.2, 0.25) is 0 Å². The molecule has 0 aromatic rings. The fraction of sp³-hybridized carbons (Fsp3) is 0.696. The first-order valence-electron chi connectivity index (χ1n) is 10.3. The van der Waals surface area contributed by atoms with Crippen LogP contribution in [-0.2, 0) is 9.53 Å². The van der Waals surface area contributed by atoms with E-state index in [-0.39, 0.29) is 6.10 Å². The zero-order chi connectivity index (χ0) is 20.5. The summed E-state index contributed by atoms with van der Waals surface area (Å²) < 4.78 is 6.07. The van der Waals surface area contributed by atoms with E-state index in [0.29, 0.717) is 5.57 Å². The molecule has 0 unspecified atom stereocenters. The smallest absolute Gasteiger partial charge is 0.328 e. The molecule has 2 atom stereocenters. The number of hydrogen-bond acceptors (Lipinski definition) is 3. The Labute approximate surface area is 165 Å². The number of carbonyl (C=O) groups is 1. The molecule has 0 amide bonds. The molecule has 0 aromatic heterocycles. The Kier molecular flexibility index (Phi) is 9.48. The molecule has 154 valence electrons. The minimum absolute atomic E-state index is 0.0139. The summed E-state index contributed by atoms with van der Waals surface area (Å²) >= 11 is 0. The lowest BCUT2D eigenvalue weighted by molar-refractivity contribution is -0.131. The standard InChI is InChI=1S/C23H38O4/c1-6-7-8-9-10-11-14-27-20-16-19(3)23(26,22(4,5)17-20)13-12-18(2)15-21(24)25/h12-13,15-16,20,26H,6-11,14,17H2,1-5H3,(H,24,25)/b13-12+,18-15-/t20-,23+/m0/s1. The van der Waals surface area contributed by atoms with Gasteiger partial charge in [0.25, 0.3) is 0 Å². The highest BCUT2D eigenvalue weighted by atomic mass is 16.5. The van der Waals surface area contributed by atoms with E-state index in [2.05, 4.69) is 6.92 Å². The van der Waals surface area contributed by atoms with Gasteiger partial charge in [0.2, 0.25) is 0 Å². The van der Waals surface area contributed by atoms with Crippen LogP contribution in [0.1, 0.15) is 79.6 Å². The van der Waals surface area contributed by atoms with E-state index < -0.39 is 17.0 Å². The molecule has 1 rings (SSSR count). The second kappa shape index (κ2) is 10.8. The van der Waals surface area contributed by atoms with Gasteiger partial charge in [-0.2, -0.15) is 0 Å². The quantitative estimate of drug-likeness (QED) is 0.218. The number of aliphatic carboxylic acids is 1. The lowest BCUT2D eigenvalue weighted by atomic mass is 9.64. The molecule has 0 saturated carbocycles. The normalized spacial score (nSPS) is 25.6. The Morgan fingerprint density at radius 1 is 1.26 bits per heavy atom. The van der Waals surface area contributed by atoms with Crippen LogP contribution in [0.3, 0.4) is 0 Å². The van der Waals surface area contributed by atoms with Crippen molar-refractivity contribution in [3.05, 3.63) is 35.5 Å². The van der Waals surface area contributed by atoms with Crippen LogP contribution in [0.4, 0.5) is 0 Å². The maximum atomic E-state index is 11.3. The average molecular weight is 379 g/mol. The molecule has 0 saturated heterocycles. The molecule has 0 spiro atoms. The largest absolute Gasteiger partial charge is 0.478 e. The average Bonchev–Trinajstić information content (AvgIpc) is 2.56. The zero-order valence-electron chi connectivity index (χ0n) is 17.8. The van der Waals surface area contributed by atoms with Crippen molar-refractivity contribution in [1.29, 1.82) is 0 Å². The summed E-state index contributed by atoms with van der Waals surface area (Å²) in [5, 5.41) is 20.1. The van der Waals surface area contributed by atoms with Gasteiger partial charge in [-0.1, -0.05) is 65.0 Å². The highest BCUT2D eigenvalue weighted by Gasteiger charge is 2.47. The molecular formula is C23H38O4. The molecule has 1 aliphatic carbocycles. The summed E-state index contributed by atoms with van der Waals surface area (Å²) in [6, 6.07) is 0. The van der Waals surface area contributed by atoms with Gasteiger partial charge in [0.15, 0.2) is 0 Å². The minimum Gasteiger partial charge on any atom is -0.478 e. The van der Waals surface area contributed by atoms with Crippen molar-refractivity contribution in [2.24, 2.45) is 5.41 Å². The van der Waals surface area contributed by atoms with Crippen molar-refractivity contribution in [3.63, 3.8) is 0 Å². The maximum Gasteiger partial charge on any atom is 0.328 e. The number of carboxylic acids is 1. The van der Waals surface area contributed by atoms with Crippen LogP contribution in [0.5, 0.6) is 0 Å². The monoisotopic (exact) mass is 378 g/mol. The number of ether oxygens (including phenoxy) is 1. The van der Waals surface area contributed by atoms with Crippen LogP contribution in [0.25, 0.3) is 0 Å². The Morgan fingerprint density at radius 3 is 2.48 bits per heavy atom. The number of allylic oxidation sites excluding steroid dienone is 2. The Balaban J connectivity index is 2.68. The van der Waals surface area contributed by atoms with Crippen molar-refractivity contribution in [2.75, 3.05) is 6.61 Å². The molecule has 4 nitrogen and oxygen atoms in total. The van der Waals surface area contributed by atoms with Crippen molar-refractivity contribution in [2.45, 2.75) is 91.3 Å². The Morgan fingerprint density at radius 2 is 1.89 bits per heavy atom. The topological polar surface area (TPSA) is 66.8 Å².